The van der Waals surface area contributed by atoms with E-state index in [2.05, 4.69) is 41.2 Å². The van der Waals surface area contributed by atoms with Crippen LogP contribution in [0.5, 0.6) is 11.5 Å². The minimum Gasteiger partial charge on any atom is -0.488 e. The first kappa shape index (κ1) is 23.9. The molecule has 0 aliphatic heterocycles. The topological polar surface area (TPSA) is 64.2 Å². The summed E-state index contributed by atoms with van der Waals surface area (Å²) in [5, 5.41) is 0. The predicted molar refractivity (Wildman–Crippen MR) is 141 cm³/mol. The monoisotopic (exact) mass is 480 g/mol. The highest BCUT2D eigenvalue weighted by atomic mass is 16.5. The minimum absolute atomic E-state index is 0.200. The SMILES string of the molecule is CCCc1ccccc1OCc1c(O[C@@H](Cc2ncc[nH]2)c2ccccc2)ccc2c1CCCC2=O. The molecule has 1 heterocycles. The molecule has 0 unspecified atom stereocenters. The van der Waals surface area contributed by atoms with E-state index in [9.17, 15) is 4.79 Å². The number of aryl methyl sites for hydroxylation is 1. The molecule has 1 atom stereocenters. The van der Waals surface area contributed by atoms with Gasteiger partial charge in [0.1, 0.15) is 30.0 Å². The summed E-state index contributed by atoms with van der Waals surface area (Å²) in [5.41, 5.74) is 5.09. The molecule has 36 heavy (non-hydrogen) atoms. The van der Waals surface area contributed by atoms with Crippen LogP contribution in [0.1, 0.15) is 70.7 Å². The van der Waals surface area contributed by atoms with Gasteiger partial charge in [-0.2, -0.15) is 0 Å². The zero-order valence-electron chi connectivity index (χ0n) is 20.7. The third kappa shape index (κ3) is 5.35. The number of para-hydroxylation sites is 1. The maximum Gasteiger partial charge on any atom is 0.163 e. The molecule has 3 aromatic carbocycles. The van der Waals surface area contributed by atoms with E-state index in [4.69, 9.17) is 9.47 Å². The van der Waals surface area contributed by atoms with E-state index < -0.39 is 0 Å². The molecule has 0 radical (unpaired) electrons. The molecule has 0 saturated heterocycles. The number of hydrogen-bond acceptors (Lipinski definition) is 4. The van der Waals surface area contributed by atoms with Gasteiger partial charge < -0.3 is 14.5 Å². The number of benzene rings is 3. The first-order valence-corrected chi connectivity index (χ1v) is 12.8. The lowest BCUT2D eigenvalue weighted by atomic mass is 9.87. The fourth-order valence-electron chi connectivity index (χ4n) is 4.95. The highest BCUT2D eigenvalue weighted by Crippen LogP contribution is 2.35. The Labute approximate surface area is 212 Å². The molecule has 0 fully saturated rings. The number of nitrogens with zero attached hydrogens (tertiary/aromatic N) is 1. The Hall–Kier alpha value is -3.86. The quantitative estimate of drug-likeness (QED) is 0.270. The second kappa shape index (κ2) is 11.3. The maximum absolute atomic E-state index is 12.7. The minimum atomic E-state index is -0.235. The normalized spacial score (nSPS) is 13.8. The predicted octanol–water partition coefficient (Wildman–Crippen LogP) is 6.82. The number of ketones is 1. The van der Waals surface area contributed by atoms with Gasteiger partial charge in [0.05, 0.1) is 0 Å². The Balaban J connectivity index is 1.50. The van der Waals surface area contributed by atoms with Crippen molar-refractivity contribution >= 4 is 5.78 Å². The van der Waals surface area contributed by atoms with Crippen LogP contribution in [0.3, 0.4) is 0 Å². The Kier molecular flexibility index (Phi) is 7.46. The van der Waals surface area contributed by atoms with Crippen molar-refractivity contribution in [2.75, 3.05) is 0 Å². The second-order valence-corrected chi connectivity index (χ2v) is 9.25. The van der Waals surface area contributed by atoms with Crippen LogP contribution in [0.15, 0.2) is 79.1 Å². The zero-order valence-corrected chi connectivity index (χ0v) is 20.7. The number of aromatic nitrogens is 2. The molecule has 0 spiro atoms. The van der Waals surface area contributed by atoms with Crippen LogP contribution in [0, 0.1) is 0 Å². The number of imidazole rings is 1. The lowest BCUT2D eigenvalue weighted by molar-refractivity contribution is 0.0971. The number of rotatable bonds is 10. The van der Waals surface area contributed by atoms with Gasteiger partial charge in [0.2, 0.25) is 0 Å². The van der Waals surface area contributed by atoms with Crippen molar-refractivity contribution in [3.05, 3.63) is 113 Å². The van der Waals surface area contributed by atoms with Gasteiger partial charge in [-0.3, -0.25) is 4.79 Å². The number of nitrogens with one attached hydrogen (secondary N) is 1. The molecule has 0 amide bonds. The van der Waals surface area contributed by atoms with E-state index in [-0.39, 0.29) is 11.9 Å². The standard InChI is InChI=1S/C31H32N2O3/c1-2-9-22-12-6-7-15-28(22)35-21-26-24-13-8-14-27(34)25(24)16-17-29(26)36-30(20-31-32-18-19-33-31)23-10-4-3-5-11-23/h3-7,10-12,15-19,30H,2,8-9,13-14,20-21H2,1H3,(H,32,33)/t30-/m0/s1. The summed E-state index contributed by atoms with van der Waals surface area (Å²) < 4.78 is 13.1. The Bertz CT molecular complexity index is 1300. The number of carbonyl (C=O) groups is 1. The molecular weight excluding hydrogens is 448 g/mol. The van der Waals surface area contributed by atoms with Crippen LogP contribution in [-0.2, 0) is 25.9 Å². The number of aromatic amines is 1. The first-order chi connectivity index (χ1) is 17.7. The molecule has 5 rings (SSSR count). The van der Waals surface area contributed by atoms with Gasteiger partial charge in [-0.25, -0.2) is 4.98 Å². The summed E-state index contributed by atoms with van der Waals surface area (Å²) in [6.45, 7) is 2.53. The summed E-state index contributed by atoms with van der Waals surface area (Å²) in [4.78, 5) is 20.3. The molecule has 1 aromatic heterocycles. The largest absolute Gasteiger partial charge is 0.488 e. The van der Waals surface area contributed by atoms with E-state index >= 15 is 0 Å². The lowest BCUT2D eigenvalue weighted by Crippen LogP contribution is -2.18. The van der Waals surface area contributed by atoms with Crippen LogP contribution < -0.4 is 9.47 Å². The van der Waals surface area contributed by atoms with Crippen molar-refractivity contribution in [3.8, 4) is 11.5 Å². The van der Waals surface area contributed by atoms with E-state index in [1.165, 1.54) is 5.56 Å². The number of ether oxygens (including phenoxy) is 2. The fraction of sp³-hybridized carbons (Fsp3) is 0.290. The molecule has 0 bridgehead atoms. The second-order valence-electron chi connectivity index (χ2n) is 9.25. The van der Waals surface area contributed by atoms with E-state index in [0.717, 1.165) is 65.3 Å². The maximum atomic E-state index is 12.7. The number of Topliss-reactive ketones (excluding diaryl/α,β-unsaturated/α-hetero) is 1. The molecular formula is C31H32N2O3. The Morgan fingerprint density at radius 3 is 2.61 bits per heavy atom. The number of hydrogen-bond donors (Lipinski definition) is 1. The zero-order chi connectivity index (χ0) is 24.7. The van der Waals surface area contributed by atoms with Crippen molar-refractivity contribution in [3.63, 3.8) is 0 Å². The van der Waals surface area contributed by atoms with Crippen molar-refractivity contribution in [2.24, 2.45) is 0 Å². The van der Waals surface area contributed by atoms with Crippen LogP contribution in [-0.4, -0.2) is 15.8 Å². The van der Waals surface area contributed by atoms with Crippen molar-refractivity contribution in [1.82, 2.24) is 9.97 Å². The molecule has 4 aromatic rings. The summed E-state index contributed by atoms with van der Waals surface area (Å²) in [7, 11) is 0. The van der Waals surface area contributed by atoms with Crippen LogP contribution >= 0.6 is 0 Å². The molecule has 1 aliphatic rings. The van der Waals surface area contributed by atoms with Gasteiger partial charge in [-0.05, 0) is 54.2 Å². The summed E-state index contributed by atoms with van der Waals surface area (Å²) in [6.07, 6.45) is 8.26. The number of fused-ring (bicyclic) bond motifs is 1. The highest BCUT2D eigenvalue weighted by molar-refractivity contribution is 5.99. The van der Waals surface area contributed by atoms with Crippen LogP contribution in [0.2, 0.25) is 0 Å². The fourth-order valence-corrected chi connectivity index (χ4v) is 4.95. The summed E-state index contributed by atoms with van der Waals surface area (Å²) >= 11 is 0. The molecule has 184 valence electrons. The number of H-pyrrole nitrogens is 1. The van der Waals surface area contributed by atoms with Crippen LogP contribution in [0.25, 0.3) is 0 Å². The van der Waals surface area contributed by atoms with Crippen molar-refractivity contribution < 1.29 is 14.3 Å². The van der Waals surface area contributed by atoms with Crippen molar-refractivity contribution in [2.45, 2.75) is 58.2 Å². The lowest BCUT2D eigenvalue weighted by Gasteiger charge is -2.25. The molecule has 1 aliphatic carbocycles. The summed E-state index contributed by atoms with van der Waals surface area (Å²) in [5.74, 6) is 2.71. The van der Waals surface area contributed by atoms with E-state index in [1.807, 2.05) is 48.7 Å². The number of carbonyl (C=O) groups excluding carboxylic acids is 1. The average Bonchev–Trinajstić information content (AvgIpc) is 3.42. The van der Waals surface area contributed by atoms with Crippen molar-refractivity contribution in [1.29, 1.82) is 0 Å². The van der Waals surface area contributed by atoms with Gasteiger partial charge in [-0.1, -0.05) is 61.9 Å². The molecule has 5 heteroatoms. The third-order valence-electron chi connectivity index (χ3n) is 6.76. The van der Waals surface area contributed by atoms with E-state index in [1.54, 1.807) is 6.20 Å². The molecule has 0 saturated carbocycles. The third-order valence-corrected chi connectivity index (χ3v) is 6.76. The van der Waals surface area contributed by atoms with Gasteiger partial charge >= 0.3 is 0 Å². The van der Waals surface area contributed by atoms with Gasteiger partial charge in [-0.15, -0.1) is 0 Å². The van der Waals surface area contributed by atoms with Gasteiger partial charge in [0, 0.05) is 36.4 Å². The Morgan fingerprint density at radius 2 is 1.81 bits per heavy atom. The molecule has 5 nitrogen and oxygen atoms in total. The van der Waals surface area contributed by atoms with Gasteiger partial charge in [0.15, 0.2) is 5.78 Å². The highest BCUT2D eigenvalue weighted by Gasteiger charge is 2.25. The molecule has 1 N–H and O–H groups in total. The summed E-state index contributed by atoms with van der Waals surface area (Å²) in [6, 6.07) is 22.3. The van der Waals surface area contributed by atoms with Crippen LogP contribution in [0.4, 0.5) is 0 Å². The van der Waals surface area contributed by atoms with Gasteiger partial charge in [0.25, 0.3) is 0 Å². The smallest absolute Gasteiger partial charge is 0.163 e. The van der Waals surface area contributed by atoms with E-state index in [0.29, 0.717) is 19.4 Å². The average molecular weight is 481 g/mol. The first-order valence-electron chi connectivity index (χ1n) is 12.8. The Morgan fingerprint density at radius 1 is 0.972 bits per heavy atom.